The van der Waals surface area contributed by atoms with Gasteiger partial charge in [-0.15, -0.1) is 0 Å². The van der Waals surface area contributed by atoms with E-state index in [-0.39, 0.29) is 40.8 Å². The van der Waals surface area contributed by atoms with Gasteiger partial charge in [-0.2, -0.15) is 9.49 Å². The third kappa shape index (κ3) is 4.61. The standard InChI is InChI=1S/C30H25F3N4O4S/c1-16-9-18-11-20(12-19(18)13-25(16)36-7-4-8-42(36,39)40)29(38)22-15-35-37(30(22)34)28-17(2)10-21(14-24(28)32)41-26-6-3-5-23(31)27(26)33/h3,5-6,9-11,13-15H,4,7-8,12,34H2,1-2H3. The first kappa shape index (κ1) is 27.6. The molecule has 1 aliphatic heterocycles. The Kier molecular flexibility index (Phi) is 6.60. The number of rotatable bonds is 6. The summed E-state index contributed by atoms with van der Waals surface area (Å²) in [6, 6.07) is 9.52. The zero-order chi connectivity index (χ0) is 29.9. The maximum absolute atomic E-state index is 15.3. The van der Waals surface area contributed by atoms with Crippen molar-refractivity contribution in [2.75, 3.05) is 22.3 Å². The molecule has 6 rings (SSSR count). The van der Waals surface area contributed by atoms with Crippen molar-refractivity contribution in [3.63, 3.8) is 0 Å². The van der Waals surface area contributed by atoms with E-state index in [0.29, 0.717) is 29.8 Å². The summed E-state index contributed by atoms with van der Waals surface area (Å²) in [7, 11) is -3.36. The van der Waals surface area contributed by atoms with E-state index in [0.717, 1.165) is 33.5 Å². The maximum atomic E-state index is 15.3. The summed E-state index contributed by atoms with van der Waals surface area (Å²) >= 11 is 0. The van der Waals surface area contributed by atoms with Crippen LogP contribution in [0.15, 0.2) is 54.2 Å². The molecule has 1 aliphatic carbocycles. The predicted molar refractivity (Wildman–Crippen MR) is 152 cm³/mol. The topological polar surface area (TPSA) is 108 Å². The van der Waals surface area contributed by atoms with Gasteiger partial charge in [0.1, 0.15) is 17.3 Å². The van der Waals surface area contributed by atoms with Crippen molar-refractivity contribution >= 4 is 33.4 Å². The Morgan fingerprint density at radius 2 is 1.83 bits per heavy atom. The fourth-order valence-electron chi connectivity index (χ4n) is 5.42. The molecular formula is C30H25F3N4O4S. The van der Waals surface area contributed by atoms with E-state index in [1.807, 2.05) is 19.1 Å². The summed E-state index contributed by atoms with van der Waals surface area (Å²) in [6.45, 7) is 3.81. The zero-order valence-electron chi connectivity index (χ0n) is 22.6. The Morgan fingerprint density at radius 3 is 2.55 bits per heavy atom. The Hall–Kier alpha value is -4.58. The molecule has 0 radical (unpaired) electrons. The second-order valence-electron chi connectivity index (χ2n) is 10.3. The SMILES string of the molecule is Cc1cc2c(cc1N1CCCS1(=O)=O)CC(C(=O)c1cnn(-c3c(C)cc(Oc4cccc(F)c4F)cc3F)c1N)=C2. The summed E-state index contributed by atoms with van der Waals surface area (Å²) in [5.74, 6) is -3.92. The van der Waals surface area contributed by atoms with Crippen LogP contribution in [0.5, 0.6) is 11.5 Å². The van der Waals surface area contributed by atoms with Crippen LogP contribution < -0.4 is 14.8 Å². The predicted octanol–water partition coefficient (Wildman–Crippen LogP) is 5.64. The van der Waals surface area contributed by atoms with E-state index >= 15 is 4.39 Å². The maximum Gasteiger partial charge on any atom is 0.235 e. The Balaban J connectivity index is 1.26. The first-order valence-corrected chi connectivity index (χ1v) is 14.7. The van der Waals surface area contributed by atoms with Gasteiger partial charge in [-0.1, -0.05) is 6.07 Å². The molecule has 42 heavy (non-hydrogen) atoms. The second-order valence-corrected chi connectivity index (χ2v) is 12.3. The average molecular weight is 595 g/mol. The number of aromatic nitrogens is 2. The summed E-state index contributed by atoms with van der Waals surface area (Å²) in [4.78, 5) is 13.5. The summed E-state index contributed by atoms with van der Waals surface area (Å²) < 4.78 is 75.7. The molecule has 0 bridgehead atoms. The number of hydrogen-bond donors (Lipinski definition) is 1. The van der Waals surface area contributed by atoms with Crippen molar-refractivity contribution in [3.8, 4) is 17.2 Å². The number of benzene rings is 3. The fraction of sp³-hybridized carbons (Fsp3) is 0.200. The Morgan fingerprint density at radius 1 is 1.05 bits per heavy atom. The van der Waals surface area contributed by atoms with Gasteiger partial charge < -0.3 is 10.5 Å². The molecule has 3 aromatic carbocycles. The van der Waals surface area contributed by atoms with Crippen molar-refractivity contribution in [3.05, 3.63) is 99.5 Å². The number of fused-ring (bicyclic) bond motifs is 1. The number of carbonyl (C=O) groups is 1. The quantitative estimate of drug-likeness (QED) is 0.290. The van der Waals surface area contributed by atoms with Gasteiger partial charge in [0, 0.05) is 24.6 Å². The number of carbonyl (C=O) groups excluding carboxylic acids is 1. The van der Waals surface area contributed by atoms with E-state index in [2.05, 4.69) is 5.10 Å². The van der Waals surface area contributed by atoms with Gasteiger partial charge in [0.05, 0.1) is 23.2 Å². The van der Waals surface area contributed by atoms with Crippen molar-refractivity contribution in [2.24, 2.45) is 0 Å². The highest BCUT2D eigenvalue weighted by molar-refractivity contribution is 7.93. The number of nitrogens with two attached hydrogens (primary N) is 1. The first-order chi connectivity index (χ1) is 19.9. The molecule has 2 N–H and O–H groups in total. The molecule has 1 fully saturated rings. The minimum Gasteiger partial charge on any atom is -0.454 e. The van der Waals surface area contributed by atoms with E-state index in [9.17, 15) is 22.0 Å². The van der Waals surface area contributed by atoms with E-state index in [4.69, 9.17) is 10.5 Å². The number of anilines is 2. The highest BCUT2D eigenvalue weighted by atomic mass is 32.2. The normalized spacial score (nSPS) is 15.5. The lowest BCUT2D eigenvalue weighted by Crippen LogP contribution is -2.26. The lowest BCUT2D eigenvalue weighted by molar-refractivity contribution is 0.103. The number of halogens is 3. The average Bonchev–Trinajstić information content (AvgIpc) is 3.61. The van der Waals surface area contributed by atoms with Crippen LogP contribution in [-0.2, 0) is 16.4 Å². The molecule has 4 aromatic rings. The minimum atomic E-state index is -3.36. The van der Waals surface area contributed by atoms with E-state index in [1.165, 1.54) is 28.7 Å². The Labute approximate surface area is 239 Å². The molecule has 0 spiro atoms. The van der Waals surface area contributed by atoms with Gasteiger partial charge in [0.15, 0.2) is 23.2 Å². The molecular weight excluding hydrogens is 569 g/mol. The molecule has 1 aromatic heterocycles. The summed E-state index contributed by atoms with van der Waals surface area (Å²) in [6.07, 6.45) is 3.84. The first-order valence-electron chi connectivity index (χ1n) is 13.1. The molecule has 12 heteroatoms. The summed E-state index contributed by atoms with van der Waals surface area (Å²) in [5.41, 5.74) is 10.1. The van der Waals surface area contributed by atoms with Gasteiger partial charge in [-0.25, -0.2) is 21.9 Å². The lowest BCUT2D eigenvalue weighted by atomic mass is 10.0. The molecule has 8 nitrogen and oxygen atoms in total. The smallest absolute Gasteiger partial charge is 0.235 e. The number of sulfonamides is 1. The third-order valence-corrected chi connectivity index (χ3v) is 9.32. The highest BCUT2D eigenvalue weighted by Gasteiger charge is 2.31. The molecule has 0 amide bonds. The van der Waals surface area contributed by atoms with Crippen molar-refractivity contribution in [1.82, 2.24) is 9.78 Å². The molecule has 0 unspecified atom stereocenters. The molecule has 216 valence electrons. The highest BCUT2D eigenvalue weighted by Crippen LogP contribution is 2.37. The van der Waals surface area contributed by atoms with Crippen molar-refractivity contribution < 1.29 is 31.1 Å². The van der Waals surface area contributed by atoms with Gasteiger partial charge >= 0.3 is 0 Å². The minimum absolute atomic E-state index is 0.0330. The number of aryl methyl sites for hydroxylation is 2. The van der Waals surface area contributed by atoms with Gasteiger partial charge in [0.2, 0.25) is 15.8 Å². The fourth-order valence-corrected chi connectivity index (χ4v) is 7.04. The number of nitrogen functional groups attached to an aromatic ring is 1. The van der Waals surface area contributed by atoms with Crippen LogP contribution in [0.1, 0.15) is 39.0 Å². The van der Waals surface area contributed by atoms with Crippen LogP contribution >= 0.6 is 0 Å². The molecule has 2 heterocycles. The molecule has 1 saturated heterocycles. The Bertz CT molecular complexity index is 1910. The van der Waals surface area contributed by atoms with Gasteiger partial charge in [0.25, 0.3) is 0 Å². The number of ketones is 1. The van der Waals surface area contributed by atoms with Crippen LogP contribution in [0, 0.1) is 31.3 Å². The molecule has 2 aliphatic rings. The van der Waals surface area contributed by atoms with Gasteiger partial charge in [-0.05, 0) is 78.9 Å². The summed E-state index contributed by atoms with van der Waals surface area (Å²) in [5, 5.41) is 4.16. The lowest BCUT2D eigenvalue weighted by Gasteiger charge is -2.20. The van der Waals surface area contributed by atoms with Crippen LogP contribution in [0.25, 0.3) is 11.8 Å². The van der Waals surface area contributed by atoms with Crippen LogP contribution in [-0.4, -0.2) is 36.3 Å². The number of allylic oxidation sites excluding steroid dienone is 1. The number of Topliss-reactive ketones (excluding diaryl/α,β-unsaturated/α-hetero) is 1. The third-order valence-electron chi connectivity index (χ3n) is 7.46. The van der Waals surface area contributed by atoms with Crippen LogP contribution in [0.2, 0.25) is 0 Å². The number of ether oxygens (including phenoxy) is 1. The molecule has 0 saturated carbocycles. The number of nitrogens with zero attached hydrogens (tertiary/aromatic N) is 3. The van der Waals surface area contributed by atoms with Crippen LogP contribution in [0.3, 0.4) is 0 Å². The van der Waals surface area contributed by atoms with Crippen LogP contribution in [0.4, 0.5) is 24.7 Å². The van der Waals surface area contributed by atoms with E-state index in [1.54, 1.807) is 13.0 Å². The van der Waals surface area contributed by atoms with Gasteiger partial charge in [-0.3, -0.25) is 9.10 Å². The van der Waals surface area contributed by atoms with Crippen molar-refractivity contribution in [2.45, 2.75) is 26.7 Å². The molecule has 0 atom stereocenters. The monoisotopic (exact) mass is 594 g/mol. The largest absolute Gasteiger partial charge is 0.454 e. The van der Waals surface area contributed by atoms with E-state index < -0.39 is 33.2 Å². The zero-order valence-corrected chi connectivity index (χ0v) is 23.4. The van der Waals surface area contributed by atoms with Crippen molar-refractivity contribution in [1.29, 1.82) is 0 Å². The second kappa shape index (κ2) is 10.1. The number of hydrogen-bond acceptors (Lipinski definition) is 6.